The summed E-state index contributed by atoms with van der Waals surface area (Å²) in [6, 6.07) is 7.78. The molecular weight excluding hydrogens is 344 g/mol. The van der Waals surface area contributed by atoms with E-state index in [1.54, 1.807) is 6.07 Å². The highest BCUT2D eigenvalue weighted by Gasteiger charge is 2.44. The molecular formula is C15H8F4N4O2. The number of anilines is 1. The number of nitrogens with two attached hydrogens (primary N) is 1. The first-order valence-electron chi connectivity index (χ1n) is 6.53. The first-order chi connectivity index (χ1) is 11.7. The quantitative estimate of drug-likeness (QED) is 0.821. The topological polar surface area (TPSA) is 116 Å². The highest BCUT2D eigenvalue weighted by Crippen LogP contribution is 2.38. The van der Waals surface area contributed by atoms with Crippen LogP contribution in [0, 0.1) is 22.7 Å². The van der Waals surface area contributed by atoms with Crippen LogP contribution in [-0.2, 0) is 0 Å². The maximum atomic E-state index is 13.3. The summed E-state index contributed by atoms with van der Waals surface area (Å²) < 4.78 is 55.4. The van der Waals surface area contributed by atoms with E-state index in [0.717, 1.165) is 12.1 Å². The molecule has 0 bridgehead atoms. The van der Waals surface area contributed by atoms with E-state index < -0.39 is 35.2 Å². The van der Waals surface area contributed by atoms with Gasteiger partial charge in [-0.15, -0.1) is 0 Å². The molecule has 0 radical (unpaired) electrons. The third-order valence-electron chi connectivity index (χ3n) is 3.12. The van der Waals surface area contributed by atoms with Gasteiger partial charge in [-0.25, -0.2) is 0 Å². The van der Waals surface area contributed by atoms with E-state index in [1.807, 2.05) is 0 Å². The Balaban J connectivity index is 2.80. The van der Waals surface area contributed by atoms with E-state index in [1.165, 1.54) is 18.2 Å². The van der Waals surface area contributed by atoms with Crippen molar-refractivity contribution in [1.82, 2.24) is 4.98 Å². The highest BCUT2D eigenvalue weighted by atomic mass is 19.3. The molecule has 0 spiro atoms. The average molecular weight is 352 g/mol. The zero-order chi connectivity index (χ0) is 18.8. The second kappa shape index (κ2) is 6.53. The second-order valence-corrected chi connectivity index (χ2v) is 4.68. The van der Waals surface area contributed by atoms with Crippen LogP contribution in [0.1, 0.15) is 11.1 Å². The number of nitriles is 2. The van der Waals surface area contributed by atoms with Crippen molar-refractivity contribution in [3.63, 3.8) is 0 Å². The molecule has 1 aromatic carbocycles. The lowest BCUT2D eigenvalue weighted by Gasteiger charge is -2.20. The van der Waals surface area contributed by atoms with Crippen molar-refractivity contribution in [2.45, 2.75) is 12.5 Å². The Morgan fingerprint density at radius 1 is 1.16 bits per heavy atom. The normalized spacial score (nSPS) is 11.0. The molecule has 0 aliphatic heterocycles. The molecule has 25 heavy (non-hydrogen) atoms. The van der Waals surface area contributed by atoms with Gasteiger partial charge in [0.2, 0.25) is 0 Å². The Morgan fingerprint density at radius 2 is 1.76 bits per heavy atom. The second-order valence-electron chi connectivity index (χ2n) is 4.68. The van der Waals surface area contributed by atoms with Gasteiger partial charge in [-0.2, -0.15) is 28.1 Å². The predicted molar refractivity (Wildman–Crippen MR) is 77.9 cm³/mol. The molecule has 0 unspecified atom stereocenters. The standard InChI is InChI=1S/C15H8F4N4O2/c16-14(17)15(18,19)25-10-4-2-1-3-7(10)11-8(5-20)12(22)23-13(24)9(11)6-21/h1-4,14H,(H3,22,23,24). The summed E-state index contributed by atoms with van der Waals surface area (Å²) in [5.41, 5.74) is 2.87. The number of rotatable bonds is 4. The predicted octanol–water partition coefficient (Wildman–Crippen LogP) is 2.60. The van der Waals surface area contributed by atoms with Crippen LogP contribution in [0.4, 0.5) is 23.4 Å². The summed E-state index contributed by atoms with van der Waals surface area (Å²) in [5, 5.41) is 18.4. The largest absolute Gasteiger partial charge is 0.461 e. The number of hydrogen-bond acceptors (Lipinski definition) is 5. The van der Waals surface area contributed by atoms with Crippen molar-refractivity contribution in [2.75, 3.05) is 5.73 Å². The van der Waals surface area contributed by atoms with Gasteiger partial charge in [-0.1, -0.05) is 18.2 Å². The highest BCUT2D eigenvalue weighted by molar-refractivity contribution is 5.83. The van der Waals surface area contributed by atoms with Gasteiger partial charge in [0.25, 0.3) is 5.56 Å². The van der Waals surface area contributed by atoms with Crippen LogP contribution < -0.4 is 16.0 Å². The minimum absolute atomic E-state index is 0.325. The number of nitrogen functional groups attached to an aromatic ring is 1. The summed E-state index contributed by atoms with van der Waals surface area (Å²) >= 11 is 0. The Hall–Kier alpha value is -3.53. The molecule has 1 aromatic heterocycles. The Bertz CT molecular complexity index is 957. The number of aromatic amines is 1. The number of nitrogens with zero attached hydrogens (tertiary/aromatic N) is 2. The van der Waals surface area contributed by atoms with Crippen LogP contribution in [0.3, 0.4) is 0 Å². The number of aromatic nitrogens is 1. The van der Waals surface area contributed by atoms with Gasteiger partial charge in [0.05, 0.1) is 0 Å². The molecule has 0 saturated carbocycles. The number of alkyl halides is 4. The molecule has 0 fully saturated rings. The number of pyridine rings is 1. The molecule has 1 heterocycles. The first-order valence-corrected chi connectivity index (χ1v) is 6.53. The number of ether oxygens (including phenoxy) is 1. The number of nitrogens with one attached hydrogen (secondary N) is 1. The molecule has 2 aromatic rings. The SMILES string of the molecule is N#Cc1c(N)[nH]c(=O)c(C#N)c1-c1ccccc1OC(F)(F)C(F)F. The Kier molecular flexibility index (Phi) is 4.65. The summed E-state index contributed by atoms with van der Waals surface area (Å²) in [6.45, 7) is 0. The van der Waals surface area contributed by atoms with E-state index >= 15 is 0 Å². The summed E-state index contributed by atoms with van der Waals surface area (Å²) in [5.74, 6) is -1.15. The fourth-order valence-corrected chi connectivity index (χ4v) is 2.07. The van der Waals surface area contributed by atoms with Gasteiger partial charge >= 0.3 is 12.5 Å². The van der Waals surface area contributed by atoms with Gasteiger partial charge in [-0.3, -0.25) is 4.79 Å². The van der Waals surface area contributed by atoms with E-state index in [0.29, 0.717) is 0 Å². The number of hydrogen-bond donors (Lipinski definition) is 2. The van der Waals surface area contributed by atoms with Gasteiger partial charge in [0.15, 0.2) is 0 Å². The van der Waals surface area contributed by atoms with Crippen molar-refractivity contribution in [2.24, 2.45) is 0 Å². The fraction of sp³-hybridized carbons (Fsp3) is 0.133. The molecule has 2 rings (SSSR count). The number of halogens is 4. The summed E-state index contributed by atoms with van der Waals surface area (Å²) in [7, 11) is 0. The lowest BCUT2D eigenvalue weighted by molar-refractivity contribution is -0.253. The van der Waals surface area contributed by atoms with Crippen LogP contribution in [0.15, 0.2) is 29.1 Å². The van der Waals surface area contributed by atoms with Crippen LogP contribution in [0.2, 0.25) is 0 Å². The molecule has 0 aliphatic rings. The van der Waals surface area contributed by atoms with E-state index in [4.69, 9.17) is 11.0 Å². The fourth-order valence-electron chi connectivity index (χ4n) is 2.07. The van der Waals surface area contributed by atoms with E-state index in [2.05, 4.69) is 9.72 Å². The molecule has 10 heteroatoms. The van der Waals surface area contributed by atoms with Gasteiger partial charge < -0.3 is 15.5 Å². The van der Waals surface area contributed by atoms with Gasteiger partial charge in [-0.05, 0) is 6.07 Å². The van der Waals surface area contributed by atoms with Crippen LogP contribution >= 0.6 is 0 Å². The monoisotopic (exact) mass is 352 g/mol. The molecule has 6 nitrogen and oxygen atoms in total. The molecule has 128 valence electrons. The molecule has 0 atom stereocenters. The first kappa shape index (κ1) is 17.8. The number of benzene rings is 1. The molecule has 3 N–H and O–H groups in total. The molecule has 0 saturated heterocycles. The van der Waals surface area contributed by atoms with Gasteiger partial charge in [0, 0.05) is 11.1 Å². The summed E-state index contributed by atoms with van der Waals surface area (Å²) in [4.78, 5) is 13.9. The molecule has 0 amide bonds. The minimum atomic E-state index is -4.82. The zero-order valence-electron chi connectivity index (χ0n) is 12.2. The third kappa shape index (κ3) is 3.23. The Morgan fingerprint density at radius 3 is 2.32 bits per heavy atom. The third-order valence-corrected chi connectivity index (χ3v) is 3.12. The maximum absolute atomic E-state index is 13.3. The van der Waals surface area contributed by atoms with Crippen LogP contribution in [-0.4, -0.2) is 17.5 Å². The van der Waals surface area contributed by atoms with Crippen molar-refractivity contribution < 1.29 is 22.3 Å². The summed E-state index contributed by atoms with van der Waals surface area (Å²) in [6.07, 6.45) is -8.93. The van der Waals surface area contributed by atoms with Crippen LogP contribution in [0.5, 0.6) is 5.75 Å². The van der Waals surface area contributed by atoms with Crippen molar-refractivity contribution in [3.05, 3.63) is 45.7 Å². The van der Waals surface area contributed by atoms with E-state index in [9.17, 15) is 27.6 Å². The number of H-pyrrole nitrogens is 1. The van der Waals surface area contributed by atoms with E-state index in [-0.39, 0.29) is 16.7 Å². The average Bonchev–Trinajstić information content (AvgIpc) is 2.54. The van der Waals surface area contributed by atoms with Crippen molar-refractivity contribution in [3.8, 4) is 29.0 Å². The van der Waals surface area contributed by atoms with Crippen molar-refractivity contribution >= 4 is 5.82 Å². The number of para-hydroxylation sites is 1. The lowest BCUT2D eigenvalue weighted by Crippen LogP contribution is -2.33. The molecule has 0 aliphatic carbocycles. The van der Waals surface area contributed by atoms with Gasteiger partial charge in [0.1, 0.15) is 34.8 Å². The smallest absolute Gasteiger partial charge is 0.428 e. The van der Waals surface area contributed by atoms with Crippen molar-refractivity contribution in [1.29, 1.82) is 10.5 Å². The zero-order valence-corrected chi connectivity index (χ0v) is 12.2. The Labute approximate surface area is 137 Å². The van der Waals surface area contributed by atoms with Crippen LogP contribution in [0.25, 0.3) is 11.1 Å². The lowest BCUT2D eigenvalue weighted by atomic mass is 9.96. The maximum Gasteiger partial charge on any atom is 0.461 e. The minimum Gasteiger partial charge on any atom is -0.428 e.